The van der Waals surface area contributed by atoms with Crippen LogP contribution in [0.1, 0.15) is 0 Å². The summed E-state index contributed by atoms with van der Waals surface area (Å²) >= 11 is 0. The number of amides is 2. The molecule has 2 amide bonds. The number of guanidine groups is 1. The van der Waals surface area contributed by atoms with Crippen molar-refractivity contribution >= 4 is 12.0 Å². The van der Waals surface area contributed by atoms with Gasteiger partial charge in [-0.15, -0.1) is 10.6 Å². The molecule has 0 radical (unpaired) electrons. The largest absolute Gasteiger partial charge is 0.383 e. The number of hydrazine groups is 3. The Balaban J connectivity index is 2.26. The van der Waals surface area contributed by atoms with Crippen molar-refractivity contribution in [1.29, 1.82) is 0 Å². The third-order valence-corrected chi connectivity index (χ3v) is 1.43. The number of urea groups is 1. The number of carbonyl (C=O) groups excluding carboxylic acids is 1. The second-order valence-corrected chi connectivity index (χ2v) is 2.44. The van der Waals surface area contributed by atoms with Crippen molar-refractivity contribution in [2.75, 3.05) is 20.3 Å². The lowest BCUT2D eigenvalue weighted by molar-refractivity contribution is 0.152. The van der Waals surface area contributed by atoms with E-state index in [1.807, 2.05) is 0 Å². The van der Waals surface area contributed by atoms with Crippen LogP contribution in [0.2, 0.25) is 0 Å². The Morgan fingerprint density at radius 3 is 3.14 bits per heavy atom. The van der Waals surface area contributed by atoms with Gasteiger partial charge < -0.3 is 4.74 Å². The molecule has 1 rings (SSSR count). The first-order valence-electron chi connectivity index (χ1n) is 3.90. The molecule has 9 nitrogen and oxygen atoms in total. The van der Waals surface area contributed by atoms with Crippen molar-refractivity contribution < 1.29 is 9.53 Å². The fourth-order valence-corrected chi connectivity index (χ4v) is 0.722. The molecule has 0 saturated heterocycles. The minimum Gasteiger partial charge on any atom is -0.383 e. The minimum atomic E-state index is -0.473. The summed E-state index contributed by atoms with van der Waals surface area (Å²) in [4.78, 5) is 11.3. The van der Waals surface area contributed by atoms with Crippen LogP contribution in [0.5, 0.6) is 0 Å². The highest BCUT2D eigenvalue weighted by molar-refractivity contribution is 5.96. The molecule has 0 unspecified atom stereocenters. The number of carbonyl (C=O) groups is 1. The summed E-state index contributed by atoms with van der Waals surface area (Å²) in [6.07, 6.45) is 0. The summed E-state index contributed by atoms with van der Waals surface area (Å²) in [7, 11) is 1.53. The maximum Gasteiger partial charge on any atom is 0.338 e. The highest BCUT2D eigenvalue weighted by Gasteiger charge is 2.13. The van der Waals surface area contributed by atoms with Gasteiger partial charge in [0.15, 0.2) is 0 Å². The van der Waals surface area contributed by atoms with Crippen LogP contribution in [0.25, 0.3) is 0 Å². The maximum atomic E-state index is 11.3. The van der Waals surface area contributed by atoms with E-state index in [2.05, 4.69) is 26.9 Å². The van der Waals surface area contributed by atoms with Crippen LogP contribution in [-0.2, 0) is 4.74 Å². The normalized spacial score (nSPS) is 14.0. The molecule has 1 aliphatic rings. The summed E-state index contributed by atoms with van der Waals surface area (Å²) in [5, 5.41) is 7.04. The zero-order chi connectivity index (χ0) is 10.4. The first-order valence-corrected chi connectivity index (χ1v) is 3.90. The molecule has 14 heavy (non-hydrogen) atoms. The minimum absolute atomic E-state index is 0.253. The van der Waals surface area contributed by atoms with E-state index in [9.17, 15) is 4.79 Å². The van der Waals surface area contributed by atoms with Gasteiger partial charge in [-0.2, -0.15) is 0 Å². The van der Waals surface area contributed by atoms with E-state index in [1.54, 1.807) is 0 Å². The first-order chi connectivity index (χ1) is 6.74. The van der Waals surface area contributed by atoms with Gasteiger partial charge in [0.1, 0.15) is 0 Å². The van der Waals surface area contributed by atoms with Gasteiger partial charge in [-0.1, -0.05) is 0 Å². The summed E-state index contributed by atoms with van der Waals surface area (Å²) < 4.78 is 4.76. The number of hydrogen-bond donors (Lipinski definition) is 5. The molecular formula is C5H13N7O2. The zero-order valence-electron chi connectivity index (χ0n) is 7.70. The van der Waals surface area contributed by atoms with Gasteiger partial charge in [0, 0.05) is 7.11 Å². The van der Waals surface area contributed by atoms with Crippen molar-refractivity contribution in [3.05, 3.63) is 0 Å². The molecule has 0 aromatic rings. The quantitative estimate of drug-likeness (QED) is 0.195. The van der Waals surface area contributed by atoms with Gasteiger partial charge in [0.25, 0.3) is 0 Å². The number of hydrogen-bond acceptors (Lipinski definition) is 7. The number of nitrogens with zero attached hydrogens (tertiary/aromatic N) is 2. The lowest BCUT2D eigenvalue weighted by Gasteiger charge is -2.15. The second-order valence-electron chi connectivity index (χ2n) is 2.44. The zero-order valence-corrected chi connectivity index (χ0v) is 7.70. The highest BCUT2D eigenvalue weighted by Crippen LogP contribution is 1.81. The van der Waals surface area contributed by atoms with Gasteiger partial charge in [0.05, 0.1) is 13.2 Å². The van der Waals surface area contributed by atoms with E-state index in [1.165, 1.54) is 7.11 Å². The number of hydrazone groups is 1. The van der Waals surface area contributed by atoms with Crippen molar-refractivity contribution in [3.8, 4) is 0 Å². The van der Waals surface area contributed by atoms with Crippen LogP contribution in [0, 0.1) is 0 Å². The molecule has 1 aliphatic heterocycles. The summed E-state index contributed by atoms with van der Waals surface area (Å²) in [6.45, 7) is 0.677. The van der Waals surface area contributed by atoms with Gasteiger partial charge in [-0.25, -0.2) is 16.2 Å². The standard InChI is InChI=1S/C5H13N7O2/c1-14-3-2-12(6)5(13)7-4-8-10-11-9-4/h10-11H,2-3,6H2,1H3,(H2,7,8,9,13). The number of nitrogens with two attached hydrogens (primary N) is 1. The van der Waals surface area contributed by atoms with Crippen LogP contribution in [0.3, 0.4) is 0 Å². The second kappa shape index (κ2) is 5.21. The van der Waals surface area contributed by atoms with E-state index in [4.69, 9.17) is 10.6 Å². The van der Waals surface area contributed by atoms with Gasteiger partial charge in [-0.3, -0.25) is 15.8 Å². The fraction of sp³-hybridized carbons (Fsp3) is 0.600. The predicted octanol–water partition coefficient (Wildman–Crippen LogP) is -2.60. The monoisotopic (exact) mass is 203 g/mol. The van der Waals surface area contributed by atoms with Gasteiger partial charge >= 0.3 is 6.03 Å². The third kappa shape index (κ3) is 3.05. The first kappa shape index (κ1) is 10.5. The molecule has 0 spiro atoms. The van der Waals surface area contributed by atoms with Crippen LogP contribution < -0.4 is 27.7 Å². The topological polar surface area (TPSA) is 116 Å². The summed E-state index contributed by atoms with van der Waals surface area (Å²) in [5.41, 5.74) is 7.39. The molecule has 9 heteroatoms. The van der Waals surface area contributed by atoms with E-state index in [-0.39, 0.29) is 5.96 Å². The SMILES string of the molecule is COCCN(N)C(=O)NC1=NNNN1. The number of methoxy groups -OCH3 is 1. The average molecular weight is 203 g/mol. The Hall–Kier alpha value is -1.58. The molecule has 6 N–H and O–H groups in total. The Labute approximate surface area is 80.5 Å². The lowest BCUT2D eigenvalue weighted by atomic mass is 10.6. The van der Waals surface area contributed by atoms with Gasteiger partial charge in [-0.05, 0) is 0 Å². The molecule has 0 fully saturated rings. The molecule has 0 aliphatic carbocycles. The average Bonchev–Trinajstić information content (AvgIpc) is 2.66. The number of ether oxygens (including phenoxy) is 1. The van der Waals surface area contributed by atoms with E-state index in [0.29, 0.717) is 13.2 Å². The van der Waals surface area contributed by atoms with Crippen molar-refractivity contribution in [1.82, 2.24) is 26.8 Å². The molecule has 80 valence electrons. The van der Waals surface area contributed by atoms with Crippen LogP contribution in [-0.4, -0.2) is 37.3 Å². The molecular weight excluding hydrogens is 190 g/mol. The molecule has 0 saturated carbocycles. The summed E-state index contributed by atoms with van der Waals surface area (Å²) in [6, 6.07) is -0.473. The molecule has 0 bridgehead atoms. The van der Waals surface area contributed by atoms with Crippen molar-refractivity contribution in [3.63, 3.8) is 0 Å². The molecule has 0 aromatic carbocycles. The Morgan fingerprint density at radius 1 is 1.79 bits per heavy atom. The van der Waals surface area contributed by atoms with E-state index >= 15 is 0 Å². The Kier molecular flexibility index (Phi) is 3.91. The van der Waals surface area contributed by atoms with Gasteiger partial charge in [0.2, 0.25) is 5.96 Å². The smallest absolute Gasteiger partial charge is 0.338 e. The van der Waals surface area contributed by atoms with E-state index in [0.717, 1.165) is 5.01 Å². The van der Waals surface area contributed by atoms with Crippen molar-refractivity contribution in [2.24, 2.45) is 10.9 Å². The van der Waals surface area contributed by atoms with Crippen LogP contribution in [0.15, 0.2) is 5.10 Å². The maximum absolute atomic E-state index is 11.3. The lowest BCUT2D eigenvalue weighted by Crippen LogP contribution is -2.51. The van der Waals surface area contributed by atoms with Crippen molar-refractivity contribution in [2.45, 2.75) is 0 Å². The Bertz CT molecular complexity index is 230. The van der Waals surface area contributed by atoms with Crippen LogP contribution in [0.4, 0.5) is 4.79 Å². The van der Waals surface area contributed by atoms with E-state index < -0.39 is 6.03 Å². The number of nitrogens with one attached hydrogen (secondary N) is 4. The Morgan fingerprint density at radius 2 is 2.57 bits per heavy atom. The number of rotatable bonds is 3. The highest BCUT2D eigenvalue weighted by atomic mass is 16.5. The molecule has 1 heterocycles. The molecule has 0 atom stereocenters. The molecule has 0 aromatic heterocycles. The third-order valence-electron chi connectivity index (χ3n) is 1.43. The predicted molar refractivity (Wildman–Crippen MR) is 48.1 cm³/mol. The fourth-order valence-electron chi connectivity index (χ4n) is 0.722. The van der Waals surface area contributed by atoms with Crippen LogP contribution >= 0.6 is 0 Å². The summed E-state index contributed by atoms with van der Waals surface area (Å²) in [5.74, 6) is 5.65.